The average Bonchev–Trinajstić information content (AvgIpc) is 3.58. The third kappa shape index (κ3) is 3.66. The summed E-state index contributed by atoms with van der Waals surface area (Å²) in [6.45, 7) is 0. The topological polar surface area (TPSA) is 25.2 Å². The van der Waals surface area contributed by atoms with E-state index in [0.717, 1.165) is 22.5 Å². The molecular formula is C37H29B4NO. The van der Waals surface area contributed by atoms with Crippen molar-refractivity contribution < 1.29 is 4.42 Å². The summed E-state index contributed by atoms with van der Waals surface area (Å²) in [5.74, 6) is 0. The van der Waals surface area contributed by atoms with Crippen LogP contribution in [0.3, 0.4) is 0 Å². The van der Waals surface area contributed by atoms with Crippen molar-refractivity contribution in [1.29, 1.82) is 0 Å². The van der Waals surface area contributed by atoms with Crippen LogP contribution in [0, 0.1) is 0 Å². The molecule has 1 aliphatic carbocycles. The number of hydrogen-bond acceptors (Lipinski definition) is 2. The fraction of sp³-hybridized carbons (Fsp3) is 0.0270. The molecule has 0 aliphatic heterocycles. The van der Waals surface area contributed by atoms with E-state index >= 15 is 0 Å². The zero-order valence-corrected chi connectivity index (χ0v) is 25.0. The first kappa shape index (κ1) is 25.9. The predicted molar refractivity (Wildman–Crippen MR) is 193 cm³/mol. The number of fused-ring (bicyclic) bond motifs is 6. The lowest BCUT2D eigenvalue weighted by Crippen LogP contribution is -2.47. The van der Waals surface area contributed by atoms with Crippen LogP contribution in [0.25, 0.3) is 33.1 Å². The molecule has 6 heteroatoms. The van der Waals surface area contributed by atoms with Crippen LogP contribution in [-0.2, 0) is 5.41 Å². The van der Waals surface area contributed by atoms with E-state index in [1.807, 2.05) is 0 Å². The largest absolute Gasteiger partial charge is 0.457 e. The normalized spacial score (nSPS) is 13.2. The summed E-state index contributed by atoms with van der Waals surface area (Å²) in [5, 5.41) is 6.04. The third-order valence-electron chi connectivity index (χ3n) is 9.86. The molecule has 1 N–H and O–H groups in total. The van der Waals surface area contributed by atoms with Crippen molar-refractivity contribution in [2.24, 2.45) is 0 Å². The quantitative estimate of drug-likeness (QED) is 0.344. The molecule has 200 valence electrons. The van der Waals surface area contributed by atoms with E-state index in [9.17, 15) is 0 Å². The fourth-order valence-corrected chi connectivity index (χ4v) is 7.41. The van der Waals surface area contributed by atoms with Crippen LogP contribution < -0.4 is 27.2 Å². The zero-order valence-electron chi connectivity index (χ0n) is 25.0. The number of rotatable bonds is 4. The van der Waals surface area contributed by atoms with Crippen molar-refractivity contribution in [2.45, 2.75) is 5.41 Å². The predicted octanol–water partition coefficient (Wildman–Crippen LogP) is 2.73. The molecular weight excluding hydrogens is 518 g/mol. The highest BCUT2D eigenvalue weighted by molar-refractivity contribution is 6.67. The lowest BCUT2D eigenvalue weighted by atomic mass is 9.65. The van der Waals surface area contributed by atoms with Gasteiger partial charge in [0.25, 0.3) is 0 Å². The molecule has 1 heterocycles. The van der Waals surface area contributed by atoms with Crippen molar-refractivity contribution in [1.82, 2.24) is 0 Å². The van der Waals surface area contributed by atoms with E-state index in [1.54, 1.807) is 0 Å². The van der Waals surface area contributed by atoms with Gasteiger partial charge in [0.1, 0.15) is 42.6 Å². The SMILES string of the molecule is Bc1c(B)c(B)c2c(oc3cc(Nc4ccc(C5(c6ccccc6)c6ccccc6-c6ccccc65)cc4)ccc32)c1B. The molecule has 6 aromatic carbocycles. The smallest absolute Gasteiger partial charge is 0.143 e. The Hall–Kier alpha value is -4.82. The van der Waals surface area contributed by atoms with E-state index in [2.05, 4.69) is 158 Å². The van der Waals surface area contributed by atoms with Gasteiger partial charge < -0.3 is 9.73 Å². The number of furan rings is 1. The van der Waals surface area contributed by atoms with Crippen LogP contribution in [0.5, 0.6) is 0 Å². The first-order chi connectivity index (χ1) is 21.0. The Labute approximate surface area is 255 Å². The van der Waals surface area contributed by atoms with E-state index in [-0.39, 0.29) is 5.41 Å². The molecule has 1 aromatic heterocycles. The molecule has 0 amide bonds. The van der Waals surface area contributed by atoms with Gasteiger partial charge in [0.2, 0.25) is 0 Å². The van der Waals surface area contributed by atoms with Crippen molar-refractivity contribution >= 4 is 86.5 Å². The Balaban J connectivity index is 1.22. The molecule has 2 nitrogen and oxygen atoms in total. The maximum Gasteiger partial charge on any atom is 0.143 e. The Morgan fingerprint density at radius 3 is 1.74 bits per heavy atom. The van der Waals surface area contributed by atoms with Gasteiger partial charge in [-0.3, -0.25) is 0 Å². The monoisotopic (exact) mass is 547 g/mol. The summed E-state index contributed by atoms with van der Waals surface area (Å²) in [6.07, 6.45) is 0. The van der Waals surface area contributed by atoms with Crippen LogP contribution >= 0.6 is 0 Å². The molecule has 0 spiro atoms. The maximum atomic E-state index is 6.45. The molecule has 0 radical (unpaired) electrons. The van der Waals surface area contributed by atoms with Crippen LogP contribution in [-0.4, -0.2) is 31.4 Å². The molecule has 7 aromatic rings. The summed E-state index contributed by atoms with van der Waals surface area (Å²) in [7, 11) is 8.76. The second-order valence-electron chi connectivity index (χ2n) is 11.9. The summed E-state index contributed by atoms with van der Waals surface area (Å²) in [4.78, 5) is 0. The average molecular weight is 547 g/mol. The van der Waals surface area contributed by atoms with Gasteiger partial charge in [0, 0.05) is 28.2 Å². The lowest BCUT2D eigenvalue weighted by Gasteiger charge is -2.34. The number of anilines is 2. The Kier molecular flexibility index (Phi) is 5.78. The Morgan fingerprint density at radius 1 is 0.512 bits per heavy atom. The molecule has 8 rings (SSSR count). The highest BCUT2D eigenvalue weighted by atomic mass is 16.3. The zero-order chi connectivity index (χ0) is 29.3. The van der Waals surface area contributed by atoms with Gasteiger partial charge in [0.15, 0.2) is 0 Å². The first-order valence-corrected chi connectivity index (χ1v) is 15.0. The third-order valence-corrected chi connectivity index (χ3v) is 9.86. The molecule has 0 atom stereocenters. The van der Waals surface area contributed by atoms with Gasteiger partial charge in [-0.15, -0.1) is 5.46 Å². The highest BCUT2D eigenvalue weighted by Crippen LogP contribution is 2.55. The van der Waals surface area contributed by atoms with Gasteiger partial charge in [-0.2, -0.15) is 0 Å². The van der Waals surface area contributed by atoms with Gasteiger partial charge in [-0.1, -0.05) is 107 Å². The van der Waals surface area contributed by atoms with Crippen LogP contribution in [0.4, 0.5) is 11.4 Å². The van der Waals surface area contributed by atoms with Crippen LogP contribution in [0.2, 0.25) is 0 Å². The van der Waals surface area contributed by atoms with Gasteiger partial charge in [-0.25, -0.2) is 0 Å². The molecule has 0 unspecified atom stereocenters. The van der Waals surface area contributed by atoms with E-state index in [1.165, 1.54) is 66.0 Å². The molecule has 0 fully saturated rings. The van der Waals surface area contributed by atoms with Gasteiger partial charge in [0.05, 0.1) is 5.41 Å². The standard InChI is InChI=1S/C37H29B4NO/c38-32-31-27-19-18-24(20-30(27)43-36(31)35(41)34(40)33(32)39)42-23-16-14-22(15-17-23)37(21-8-2-1-3-9-21)28-12-6-4-10-25(28)26-11-5-7-13-29(26)37/h1-20,42H,38-41H2. The highest BCUT2D eigenvalue weighted by Gasteiger charge is 2.45. The molecule has 0 saturated heterocycles. The van der Waals surface area contributed by atoms with E-state index < -0.39 is 0 Å². The van der Waals surface area contributed by atoms with Crippen molar-refractivity contribution in [2.75, 3.05) is 5.32 Å². The molecule has 0 saturated carbocycles. The minimum Gasteiger partial charge on any atom is -0.457 e. The second kappa shape index (κ2) is 9.61. The molecule has 0 bridgehead atoms. The fourth-order valence-electron chi connectivity index (χ4n) is 7.41. The number of hydrogen-bond donors (Lipinski definition) is 1. The van der Waals surface area contributed by atoms with Crippen molar-refractivity contribution in [3.8, 4) is 11.1 Å². The van der Waals surface area contributed by atoms with E-state index in [4.69, 9.17) is 4.42 Å². The second-order valence-corrected chi connectivity index (χ2v) is 11.9. The van der Waals surface area contributed by atoms with Gasteiger partial charge in [-0.05, 0) is 57.6 Å². The first-order valence-electron chi connectivity index (χ1n) is 15.0. The summed E-state index contributed by atoms with van der Waals surface area (Å²) >= 11 is 0. The summed E-state index contributed by atoms with van der Waals surface area (Å²) in [5.41, 5.74) is 16.6. The van der Waals surface area contributed by atoms with Crippen molar-refractivity contribution in [3.63, 3.8) is 0 Å². The minimum absolute atomic E-state index is 0.383. The number of benzene rings is 6. The van der Waals surface area contributed by atoms with Gasteiger partial charge >= 0.3 is 0 Å². The number of nitrogens with one attached hydrogen (secondary N) is 1. The summed E-state index contributed by atoms with van der Waals surface area (Å²) in [6, 6.07) is 44.1. The molecule has 43 heavy (non-hydrogen) atoms. The summed E-state index contributed by atoms with van der Waals surface area (Å²) < 4.78 is 6.45. The lowest BCUT2D eigenvalue weighted by molar-refractivity contribution is 0.672. The maximum absolute atomic E-state index is 6.45. The molecule has 1 aliphatic rings. The van der Waals surface area contributed by atoms with Crippen LogP contribution in [0.15, 0.2) is 126 Å². The van der Waals surface area contributed by atoms with Crippen LogP contribution in [0.1, 0.15) is 22.3 Å². The Bertz CT molecular complexity index is 2160. The van der Waals surface area contributed by atoms with E-state index in [0.29, 0.717) is 0 Å². The van der Waals surface area contributed by atoms with Crippen molar-refractivity contribution in [3.05, 3.63) is 144 Å². The Morgan fingerprint density at radius 2 is 1.07 bits per heavy atom. The minimum atomic E-state index is -0.383.